The van der Waals surface area contributed by atoms with Crippen LogP contribution in [0.25, 0.3) is 0 Å². The van der Waals surface area contributed by atoms with Gasteiger partial charge in [0.2, 0.25) is 5.91 Å². The van der Waals surface area contributed by atoms with Crippen LogP contribution < -0.4 is 10.6 Å². The van der Waals surface area contributed by atoms with E-state index < -0.39 is 0 Å². The number of aryl methyl sites for hydroxylation is 1. The molecular weight excluding hydrogens is 318 g/mol. The summed E-state index contributed by atoms with van der Waals surface area (Å²) in [5.41, 5.74) is 2.98. The molecule has 0 unspecified atom stereocenters. The zero-order valence-corrected chi connectivity index (χ0v) is 12.8. The SMILES string of the molecule is Cc1ccc(NC(=O)CNCc2cccnc2)c(Br)c1. The Balaban J connectivity index is 1.81. The maximum absolute atomic E-state index is 11.8. The Bertz CT molecular complexity index is 587. The molecule has 0 spiro atoms. The molecule has 2 N–H and O–H groups in total. The van der Waals surface area contributed by atoms with E-state index in [-0.39, 0.29) is 12.5 Å². The number of pyridine rings is 1. The lowest BCUT2D eigenvalue weighted by molar-refractivity contribution is -0.115. The predicted octanol–water partition coefficient (Wildman–Crippen LogP) is 2.88. The Labute approximate surface area is 126 Å². The molecule has 0 saturated heterocycles. The highest BCUT2D eigenvalue weighted by Gasteiger charge is 2.05. The number of nitrogens with zero attached hydrogens (tertiary/aromatic N) is 1. The summed E-state index contributed by atoms with van der Waals surface area (Å²) in [6.45, 7) is 2.89. The average molecular weight is 334 g/mol. The zero-order chi connectivity index (χ0) is 14.4. The van der Waals surface area contributed by atoms with Crippen molar-refractivity contribution < 1.29 is 4.79 Å². The Morgan fingerprint density at radius 2 is 2.20 bits per heavy atom. The number of benzene rings is 1. The van der Waals surface area contributed by atoms with Gasteiger partial charge >= 0.3 is 0 Å². The predicted molar refractivity (Wildman–Crippen MR) is 83.5 cm³/mol. The molecule has 2 rings (SSSR count). The number of aromatic nitrogens is 1. The third kappa shape index (κ3) is 4.43. The van der Waals surface area contributed by atoms with Gasteiger partial charge in [-0.05, 0) is 52.2 Å². The van der Waals surface area contributed by atoms with Crippen LogP contribution in [0.5, 0.6) is 0 Å². The van der Waals surface area contributed by atoms with Gasteiger partial charge in [-0.3, -0.25) is 9.78 Å². The lowest BCUT2D eigenvalue weighted by Crippen LogP contribution is -2.27. The maximum atomic E-state index is 11.8. The van der Waals surface area contributed by atoms with Crippen LogP contribution in [0, 0.1) is 6.92 Å². The van der Waals surface area contributed by atoms with Gasteiger partial charge in [0.25, 0.3) is 0 Å². The molecule has 0 fully saturated rings. The van der Waals surface area contributed by atoms with Crippen LogP contribution in [0.15, 0.2) is 47.2 Å². The normalized spacial score (nSPS) is 10.3. The number of nitrogens with one attached hydrogen (secondary N) is 2. The number of hydrogen-bond acceptors (Lipinski definition) is 3. The van der Waals surface area contributed by atoms with E-state index in [0.717, 1.165) is 21.3 Å². The van der Waals surface area contributed by atoms with Crippen LogP contribution in [0.4, 0.5) is 5.69 Å². The molecule has 2 aromatic rings. The summed E-state index contributed by atoms with van der Waals surface area (Å²) in [7, 11) is 0. The first-order chi connectivity index (χ1) is 9.65. The first-order valence-electron chi connectivity index (χ1n) is 6.31. The Morgan fingerprint density at radius 3 is 2.90 bits per heavy atom. The van der Waals surface area contributed by atoms with Gasteiger partial charge in [0.05, 0.1) is 12.2 Å². The molecule has 0 atom stereocenters. The fourth-order valence-electron chi connectivity index (χ4n) is 1.74. The molecule has 0 aliphatic rings. The first kappa shape index (κ1) is 14.7. The highest BCUT2D eigenvalue weighted by molar-refractivity contribution is 9.10. The number of halogens is 1. The monoisotopic (exact) mass is 333 g/mol. The van der Waals surface area contributed by atoms with E-state index in [4.69, 9.17) is 0 Å². The van der Waals surface area contributed by atoms with Gasteiger partial charge in [-0.2, -0.15) is 0 Å². The number of anilines is 1. The Hall–Kier alpha value is -1.72. The minimum Gasteiger partial charge on any atom is -0.324 e. The summed E-state index contributed by atoms with van der Waals surface area (Å²) >= 11 is 3.44. The first-order valence-corrected chi connectivity index (χ1v) is 7.10. The second kappa shape index (κ2) is 7.17. The zero-order valence-electron chi connectivity index (χ0n) is 11.2. The van der Waals surface area contributed by atoms with E-state index in [0.29, 0.717) is 6.54 Å². The molecule has 4 nitrogen and oxygen atoms in total. The lowest BCUT2D eigenvalue weighted by Gasteiger charge is -2.09. The van der Waals surface area contributed by atoms with Gasteiger partial charge < -0.3 is 10.6 Å². The van der Waals surface area contributed by atoms with E-state index in [1.165, 1.54) is 0 Å². The van der Waals surface area contributed by atoms with E-state index in [2.05, 4.69) is 31.5 Å². The standard InChI is InChI=1S/C15H16BrN3O/c1-11-4-5-14(13(16)7-11)19-15(20)10-18-9-12-3-2-6-17-8-12/h2-8,18H,9-10H2,1H3,(H,19,20). The van der Waals surface area contributed by atoms with Crippen molar-refractivity contribution in [2.45, 2.75) is 13.5 Å². The van der Waals surface area contributed by atoms with Crippen molar-refractivity contribution >= 4 is 27.5 Å². The van der Waals surface area contributed by atoms with E-state index >= 15 is 0 Å². The topological polar surface area (TPSA) is 54.0 Å². The van der Waals surface area contributed by atoms with Crippen molar-refractivity contribution in [3.63, 3.8) is 0 Å². The lowest BCUT2D eigenvalue weighted by atomic mass is 10.2. The number of carbonyl (C=O) groups is 1. The smallest absolute Gasteiger partial charge is 0.238 e. The molecule has 104 valence electrons. The quantitative estimate of drug-likeness (QED) is 0.884. The maximum Gasteiger partial charge on any atom is 0.238 e. The van der Waals surface area contributed by atoms with Crippen molar-refractivity contribution in [3.05, 3.63) is 58.3 Å². The number of amides is 1. The minimum atomic E-state index is -0.0709. The molecule has 0 radical (unpaired) electrons. The summed E-state index contributed by atoms with van der Waals surface area (Å²) in [6.07, 6.45) is 3.51. The van der Waals surface area contributed by atoms with Crippen molar-refractivity contribution in [2.24, 2.45) is 0 Å². The van der Waals surface area contributed by atoms with E-state index in [9.17, 15) is 4.79 Å². The van der Waals surface area contributed by atoms with Crippen LogP contribution in [0.3, 0.4) is 0 Å². The van der Waals surface area contributed by atoms with Crippen LogP contribution in [-0.2, 0) is 11.3 Å². The van der Waals surface area contributed by atoms with E-state index in [1.54, 1.807) is 12.4 Å². The largest absolute Gasteiger partial charge is 0.324 e. The van der Waals surface area contributed by atoms with Gasteiger partial charge in [-0.15, -0.1) is 0 Å². The fourth-order valence-corrected chi connectivity index (χ4v) is 2.33. The van der Waals surface area contributed by atoms with Gasteiger partial charge in [-0.1, -0.05) is 12.1 Å². The summed E-state index contributed by atoms with van der Waals surface area (Å²) < 4.78 is 0.887. The molecule has 0 bridgehead atoms. The summed E-state index contributed by atoms with van der Waals surface area (Å²) in [6, 6.07) is 9.66. The van der Waals surface area contributed by atoms with Crippen molar-refractivity contribution in [3.8, 4) is 0 Å². The van der Waals surface area contributed by atoms with Crippen molar-refractivity contribution in [2.75, 3.05) is 11.9 Å². The molecular formula is C15H16BrN3O. The van der Waals surface area contributed by atoms with Crippen LogP contribution >= 0.6 is 15.9 Å². The van der Waals surface area contributed by atoms with Gasteiger partial charge in [0, 0.05) is 23.4 Å². The Kier molecular flexibility index (Phi) is 5.26. The molecule has 1 amide bonds. The number of carbonyl (C=O) groups excluding carboxylic acids is 1. The summed E-state index contributed by atoms with van der Waals surface area (Å²) in [5, 5.41) is 5.94. The third-order valence-electron chi connectivity index (χ3n) is 2.74. The Morgan fingerprint density at radius 1 is 1.35 bits per heavy atom. The highest BCUT2D eigenvalue weighted by atomic mass is 79.9. The second-order valence-corrected chi connectivity index (χ2v) is 5.35. The highest BCUT2D eigenvalue weighted by Crippen LogP contribution is 2.23. The summed E-state index contributed by atoms with van der Waals surface area (Å²) in [5.74, 6) is -0.0709. The number of hydrogen-bond donors (Lipinski definition) is 2. The fraction of sp³-hybridized carbons (Fsp3) is 0.200. The average Bonchev–Trinajstić information content (AvgIpc) is 2.43. The second-order valence-electron chi connectivity index (χ2n) is 4.50. The molecule has 1 heterocycles. The molecule has 5 heteroatoms. The van der Waals surface area contributed by atoms with E-state index in [1.807, 2.05) is 37.3 Å². The molecule has 1 aromatic carbocycles. The minimum absolute atomic E-state index is 0.0709. The van der Waals surface area contributed by atoms with Gasteiger partial charge in [0.1, 0.15) is 0 Å². The number of rotatable bonds is 5. The van der Waals surface area contributed by atoms with Crippen LogP contribution in [0.1, 0.15) is 11.1 Å². The van der Waals surface area contributed by atoms with Crippen molar-refractivity contribution in [1.82, 2.24) is 10.3 Å². The summed E-state index contributed by atoms with van der Waals surface area (Å²) in [4.78, 5) is 15.9. The molecule has 0 saturated carbocycles. The molecule has 0 aliphatic carbocycles. The molecule has 20 heavy (non-hydrogen) atoms. The van der Waals surface area contributed by atoms with Crippen LogP contribution in [0.2, 0.25) is 0 Å². The van der Waals surface area contributed by atoms with Crippen LogP contribution in [-0.4, -0.2) is 17.4 Å². The van der Waals surface area contributed by atoms with Gasteiger partial charge in [-0.25, -0.2) is 0 Å². The molecule has 1 aromatic heterocycles. The third-order valence-corrected chi connectivity index (χ3v) is 3.39. The molecule has 0 aliphatic heterocycles. The van der Waals surface area contributed by atoms with Crippen molar-refractivity contribution in [1.29, 1.82) is 0 Å². The van der Waals surface area contributed by atoms with Gasteiger partial charge in [0.15, 0.2) is 0 Å².